The van der Waals surface area contributed by atoms with Gasteiger partial charge in [-0.2, -0.15) is 0 Å². The Hall–Kier alpha value is -4.76. The van der Waals surface area contributed by atoms with E-state index in [9.17, 15) is 19.5 Å². The number of imidazole rings is 1. The number of nitrogens with zero attached hydrogens (tertiary/aromatic N) is 2. The molecule has 0 amide bonds. The van der Waals surface area contributed by atoms with E-state index >= 15 is 0 Å². The number of esters is 2. The quantitative estimate of drug-likeness (QED) is 0.132. The lowest BCUT2D eigenvalue weighted by Crippen LogP contribution is -2.54. The number of carbonyl (C=O) groups is 3. The first-order valence-electron chi connectivity index (χ1n) is 14.9. The van der Waals surface area contributed by atoms with Gasteiger partial charge in [0.1, 0.15) is 22.8 Å². The van der Waals surface area contributed by atoms with Crippen LogP contribution in [0.15, 0.2) is 104 Å². The minimum absolute atomic E-state index is 0.0526. The lowest BCUT2D eigenvalue weighted by atomic mass is 9.77. The Kier molecular flexibility index (Phi) is 9.93. The van der Waals surface area contributed by atoms with Crippen LogP contribution in [0.1, 0.15) is 63.9 Å². The van der Waals surface area contributed by atoms with Gasteiger partial charge in [-0.3, -0.25) is 10.1 Å². The van der Waals surface area contributed by atoms with Gasteiger partial charge in [-0.1, -0.05) is 91.0 Å². The van der Waals surface area contributed by atoms with Gasteiger partial charge in [0.2, 0.25) is 6.04 Å². The smallest absolute Gasteiger partial charge is 0.335 e. The molecule has 0 aliphatic rings. The minimum Gasteiger partial charge on any atom is -0.480 e. The summed E-state index contributed by atoms with van der Waals surface area (Å²) >= 11 is 0. The average molecular weight is 612 g/mol. The molecule has 4 rings (SSSR count). The lowest BCUT2D eigenvalue weighted by molar-refractivity contribution is -0.165. The Bertz CT molecular complexity index is 1490. The van der Waals surface area contributed by atoms with E-state index < -0.39 is 46.7 Å². The second-order valence-electron chi connectivity index (χ2n) is 12.8. The molecule has 0 fully saturated rings. The monoisotopic (exact) mass is 611 g/mol. The maximum Gasteiger partial charge on any atom is 0.335 e. The van der Waals surface area contributed by atoms with Crippen LogP contribution in [0.4, 0.5) is 0 Å². The summed E-state index contributed by atoms with van der Waals surface area (Å²) < 4.78 is 13.0. The van der Waals surface area contributed by atoms with Gasteiger partial charge in [-0.25, -0.2) is 14.6 Å². The summed E-state index contributed by atoms with van der Waals surface area (Å²) in [6.45, 7) is 10.1. The Morgan fingerprint density at radius 3 is 1.56 bits per heavy atom. The Morgan fingerprint density at radius 1 is 0.733 bits per heavy atom. The molecule has 0 spiro atoms. The van der Waals surface area contributed by atoms with Crippen LogP contribution < -0.4 is 5.32 Å². The molecule has 3 aromatic carbocycles. The van der Waals surface area contributed by atoms with E-state index in [0.717, 1.165) is 16.7 Å². The van der Waals surface area contributed by atoms with Gasteiger partial charge >= 0.3 is 17.9 Å². The highest BCUT2D eigenvalue weighted by Crippen LogP contribution is 2.40. The van der Waals surface area contributed by atoms with Crippen molar-refractivity contribution in [3.05, 3.63) is 126 Å². The Balaban J connectivity index is 1.80. The van der Waals surface area contributed by atoms with Crippen LogP contribution in [0.25, 0.3) is 0 Å². The highest BCUT2D eigenvalue weighted by Gasteiger charge is 2.40. The minimum atomic E-state index is -1.80. The first-order valence-corrected chi connectivity index (χ1v) is 14.9. The molecule has 4 aromatic rings. The van der Waals surface area contributed by atoms with Crippen molar-refractivity contribution >= 4 is 17.9 Å². The molecule has 0 aliphatic heterocycles. The first kappa shape index (κ1) is 33.1. The van der Waals surface area contributed by atoms with E-state index in [0.29, 0.717) is 5.69 Å². The number of carbonyl (C=O) groups excluding carboxylic acids is 2. The molecule has 0 radical (unpaired) electrons. The van der Waals surface area contributed by atoms with Gasteiger partial charge in [0, 0.05) is 12.6 Å². The zero-order valence-electron chi connectivity index (χ0n) is 26.6. The summed E-state index contributed by atoms with van der Waals surface area (Å²) in [7, 11) is 0. The van der Waals surface area contributed by atoms with Crippen LogP contribution >= 0.6 is 0 Å². The van der Waals surface area contributed by atoms with Crippen LogP contribution in [0.5, 0.6) is 0 Å². The van der Waals surface area contributed by atoms with Crippen LogP contribution in [0, 0.1) is 0 Å². The third-order valence-electron chi connectivity index (χ3n) is 6.96. The van der Waals surface area contributed by atoms with Crippen LogP contribution in [-0.2, 0) is 35.8 Å². The molecular formula is C36H41N3O6. The molecule has 2 N–H and O–H groups in total. The zero-order valence-corrected chi connectivity index (χ0v) is 26.6. The number of aliphatic carboxylic acids is 1. The molecule has 9 nitrogen and oxygen atoms in total. The van der Waals surface area contributed by atoms with E-state index in [2.05, 4.69) is 46.7 Å². The second-order valence-corrected chi connectivity index (χ2v) is 12.8. The largest absolute Gasteiger partial charge is 0.480 e. The number of carboxylic acid groups (broad SMARTS) is 1. The molecule has 2 atom stereocenters. The van der Waals surface area contributed by atoms with Crippen molar-refractivity contribution in [2.45, 2.75) is 76.8 Å². The molecule has 0 bridgehead atoms. The highest BCUT2D eigenvalue weighted by molar-refractivity contribution is 5.99. The van der Waals surface area contributed by atoms with Gasteiger partial charge in [0.25, 0.3) is 0 Å². The van der Waals surface area contributed by atoms with Gasteiger partial charge in [-0.05, 0) is 58.2 Å². The lowest BCUT2D eigenvalue weighted by Gasteiger charge is -2.37. The van der Waals surface area contributed by atoms with Crippen molar-refractivity contribution in [1.29, 1.82) is 0 Å². The summed E-state index contributed by atoms with van der Waals surface area (Å²) in [4.78, 5) is 43.2. The molecule has 1 aromatic heterocycles. The number of hydrogen-bond acceptors (Lipinski definition) is 7. The topological polar surface area (TPSA) is 120 Å². The number of nitrogens with one attached hydrogen (secondary N) is 1. The Labute approximate surface area is 264 Å². The number of benzene rings is 3. The van der Waals surface area contributed by atoms with Gasteiger partial charge in [-0.15, -0.1) is 0 Å². The first-order chi connectivity index (χ1) is 21.2. The maximum atomic E-state index is 13.4. The van der Waals surface area contributed by atoms with E-state index in [-0.39, 0.29) is 6.42 Å². The molecule has 1 heterocycles. The van der Waals surface area contributed by atoms with Crippen LogP contribution in [0.2, 0.25) is 0 Å². The predicted octanol–water partition coefficient (Wildman–Crippen LogP) is 5.36. The second kappa shape index (κ2) is 13.5. The summed E-state index contributed by atoms with van der Waals surface area (Å²) in [6, 6.07) is 27.1. The number of carboxylic acids is 1. The van der Waals surface area contributed by atoms with Crippen molar-refractivity contribution in [3.63, 3.8) is 0 Å². The fourth-order valence-corrected chi connectivity index (χ4v) is 5.23. The SMILES string of the molecule is CC(C)(C)OC(=O)C(Cc1cn(C(c2ccccc2)(c2ccccc2)c2ccccc2)cn1)N[C@@H](C(=O)O)C(=O)OC(C)(C)C. The molecule has 236 valence electrons. The van der Waals surface area contributed by atoms with Gasteiger partial charge in [0.15, 0.2) is 0 Å². The zero-order chi connectivity index (χ0) is 32.8. The molecular weight excluding hydrogens is 570 g/mol. The molecule has 9 heteroatoms. The molecule has 0 saturated heterocycles. The third kappa shape index (κ3) is 8.05. The van der Waals surface area contributed by atoms with Crippen LogP contribution in [0.3, 0.4) is 0 Å². The fraction of sp³-hybridized carbons (Fsp3) is 0.333. The predicted molar refractivity (Wildman–Crippen MR) is 171 cm³/mol. The molecule has 0 aliphatic carbocycles. The number of rotatable bonds is 11. The fourth-order valence-electron chi connectivity index (χ4n) is 5.23. The van der Waals surface area contributed by atoms with E-state index in [1.807, 2.05) is 65.4 Å². The van der Waals surface area contributed by atoms with Crippen molar-refractivity contribution in [2.24, 2.45) is 0 Å². The number of aromatic nitrogens is 2. The molecule has 1 unspecified atom stereocenters. The maximum absolute atomic E-state index is 13.4. The van der Waals surface area contributed by atoms with E-state index in [1.54, 1.807) is 47.9 Å². The summed E-state index contributed by atoms with van der Waals surface area (Å²) in [6.07, 6.45) is 3.50. The van der Waals surface area contributed by atoms with Crippen molar-refractivity contribution in [3.8, 4) is 0 Å². The van der Waals surface area contributed by atoms with Crippen molar-refractivity contribution < 1.29 is 29.0 Å². The normalized spacial score (nSPS) is 13.5. The average Bonchev–Trinajstić information content (AvgIpc) is 3.44. The number of hydrogen-bond donors (Lipinski definition) is 2. The summed E-state index contributed by atoms with van der Waals surface area (Å²) in [5, 5.41) is 12.6. The standard InChI is InChI=1S/C36H41N3O6/c1-34(2,3)44-32(42)29(38-30(31(40)41)33(43)45-35(4,5)6)22-28-23-39(24-37-28)36(25-16-10-7-11-17-25,26-18-12-8-13-19-26)27-20-14-9-15-21-27/h7-21,23-24,29-30,38H,22H2,1-6H3,(H,40,41)/t29?,30-/m0/s1. The van der Waals surface area contributed by atoms with E-state index in [4.69, 9.17) is 9.47 Å². The van der Waals surface area contributed by atoms with Crippen molar-refractivity contribution in [1.82, 2.24) is 14.9 Å². The van der Waals surface area contributed by atoms with Gasteiger partial charge < -0.3 is 19.1 Å². The third-order valence-corrected chi connectivity index (χ3v) is 6.96. The van der Waals surface area contributed by atoms with Crippen LogP contribution in [-0.4, -0.2) is 55.9 Å². The summed E-state index contributed by atoms with van der Waals surface area (Å²) in [5.74, 6) is -3.20. The van der Waals surface area contributed by atoms with Crippen molar-refractivity contribution in [2.75, 3.05) is 0 Å². The summed E-state index contributed by atoms with van der Waals surface area (Å²) in [5.41, 5.74) is 0.840. The van der Waals surface area contributed by atoms with Gasteiger partial charge in [0.05, 0.1) is 12.0 Å². The molecule has 0 saturated carbocycles. The van der Waals surface area contributed by atoms with E-state index in [1.165, 1.54) is 0 Å². The highest BCUT2D eigenvalue weighted by atomic mass is 16.6. The number of ether oxygens (including phenoxy) is 2. The molecule has 45 heavy (non-hydrogen) atoms. The Morgan fingerprint density at radius 2 is 1.16 bits per heavy atom.